The van der Waals surface area contributed by atoms with Crippen LogP contribution in [-0.4, -0.2) is 25.7 Å². The number of rotatable bonds is 4. The molecule has 1 aliphatic carbocycles. The van der Waals surface area contributed by atoms with Crippen molar-refractivity contribution in [2.75, 3.05) is 6.54 Å². The maximum absolute atomic E-state index is 12.0. The van der Waals surface area contributed by atoms with Gasteiger partial charge in [-0.15, -0.1) is 0 Å². The standard InChI is InChI=1S/C12H13ClN2O3S/c13-11-6-10(3-2-9(11)7-14)19(17,18)15-8-12(16)4-1-5-12/h2-3,6,15-16H,1,4-5,8H2. The normalized spacial score (nSPS) is 17.5. The molecule has 1 aromatic carbocycles. The fourth-order valence-electron chi connectivity index (χ4n) is 1.83. The van der Waals surface area contributed by atoms with Crippen molar-refractivity contribution in [2.24, 2.45) is 0 Å². The highest BCUT2D eigenvalue weighted by molar-refractivity contribution is 7.89. The molecule has 0 aromatic heterocycles. The van der Waals surface area contributed by atoms with E-state index in [9.17, 15) is 13.5 Å². The summed E-state index contributed by atoms with van der Waals surface area (Å²) in [5.74, 6) is 0. The predicted octanol–water partition coefficient (Wildman–Crippen LogP) is 1.40. The Morgan fingerprint density at radius 2 is 2.16 bits per heavy atom. The van der Waals surface area contributed by atoms with Gasteiger partial charge in [0.1, 0.15) is 6.07 Å². The molecule has 2 N–H and O–H groups in total. The van der Waals surface area contributed by atoms with Crippen molar-refractivity contribution in [3.8, 4) is 6.07 Å². The van der Waals surface area contributed by atoms with Crippen LogP contribution in [-0.2, 0) is 10.0 Å². The molecule has 2 rings (SSSR count). The Labute approximate surface area is 116 Å². The van der Waals surface area contributed by atoms with Crippen LogP contribution in [0, 0.1) is 11.3 Å². The van der Waals surface area contributed by atoms with Crippen LogP contribution >= 0.6 is 11.6 Å². The average Bonchev–Trinajstić information content (AvgIpc) is 2.34. The van der Waals surface area contributed by atoms with Crippen molar-refractivity contribution in [3.05, 3.63) is 28.8 Å². The number of hydrogen-bond acceptors (Lipinski definition) is 4. The molecule has 0 radical (unpaired) electrons. The zero-order valence-corrected chi connectivity index (χ0v) is 11.6. The first kappa shape index (κ1) is 14.3. The lowest BCUT2D eigenvalue weighted by Crippen LogP contribution is -2.47. The zero-order valence-electron chi connectivity index (χ0n) is 10.1. The van der Waals surface area contributed by atoms with Gasteiger partial charge in [-0.1, -0.05) is 11.6 Å². The molecule has 0 amide bonds. The molecule has 0 saturated heterocycles. The van der Waals surface area contributed by atoms with Crippen LogP contribution < -0.4 is 4.72 Å². The number of sulfonamides is 1. The van der Waals surface area contributed by atoms with E-state index in [0.717, 1.165) is 6.42 Å². The van der Waals surface area contributed by atoms with Gasteiger partial charge in [0.15, 0.2) is 0 Å². The number of nitrogens with one attached hydrogen (secondary N) is 1. The molecule has 1 aliphatic rings. The first-order valence-corrected chi connectivity index (χ1v) is 7.64. The van der Waals surface area contributed by atoms with Crippen LogP contribution in [0.1, 0.15) is 24.8 Å². The van der Waals surface area contributed by atoms with Crippen LogP contribution in [0.2, 0.25) is 5.02 Å². The molecule has 102 valence electrons. The summed E-state index contributed by atoms with van der Waals surface area (Å²) in [6.07, 6.45) is 2.11. The molecule has 7 heteroatoms. The molecule has 0 aliphatic heterocycles. The fraction of sp³-hybridized carbons (Fsp3) is 0.417. The van der Waals surface area contributed by atoms with Crippen molar-refractivity contribution in [2.45, 2.75) is 29.8 Å². The third-order valence-corrected chi connectivity index (χ3v) is 4.96. The topological polar surface area (TPSA) is 90.2 Å². The first-order chi connectivity index (χ1) is 8.86. The van der Waals surface area contributed by atoms with E-state index in [-0.39, 0.29) is 22.0 Å². The number of nitrogens with zero attached hydrogens (tertiary/aromatic N) is 1. The second kappa shape index (κ2) is 5.10. The maximum Gasteiger partial charge on any atom is 0.240 e. The SMILES string of the molecule is N#Cc1ccc(S(=O)(=O)NCC2(O)CCC2)cc1Cl. The Bertz CT molecular complexity index is 633. The lowest BCUT2D eigenvalue weighted by molar-refractivity contribution is -0.0270. The summed E-state index contributed by atoms with van der Waals surface area (Å²) in [5, 5.41) is 18.7. The maximum atomic E-state index is 12.0. The molecule has 0 bridgehead atoms. The van der Waals surface area contributed by atoms with Gasteiger partial charge in [-0.25, -0.2) is 13.1 Å². The van der Waals surface area contributed by atoms with Gasteiger partial charge in [0.2, 0.25) is 10.0 Å². The summed E-state index contributed by atoms with van der Waals surface area (Å²) >= 11 is 5.80. The van der Waals surface area contributed by atoms with Crippen molar-refractivity contribution in [3.63, 3.8) is 0 Å². The van der Waals surface area contributed by atoms with E-state index in [4.69, 9.17) is 16.9 Å². The van der Waals surface area contributed by atoms with Crippen molar-refractivity contribution < 1.29 is 13.5 Å². The summed E-state index contributed by atoms with van der Waals surface area (Å²) in [7, 11) is -3.72. The summed E-state index contributed by atoms with van der Waals surface area (Å²) < 4.78 is 26.4. The van der Waals surface area contributed by atoms with E-state index in [1.54, 1.807) is 0 Å². The second-order valence-electron chi connectivity index (χ2n) is 4.66. The lowest BCUT2D eigenvalue weighted by Gasteiger charge is -2.36. The largest absolute Gasteiger partial charge is 0.389 e. The van der Waals surface area contributed by atoms with E-state index < -0.39 is 15.6 Å². The van der Waals surface area contributed by atoms with Gasteiger partial charge in [0.05, 0.1) is 21.1 Å². The highest BCUT2D eigenvalue weighted by atomic mass is 35.5. The van der Waals surface area contributed by atoms with E-state index in [2.05, 4.69) is 4.72 Å². The number of aliphatic hydroxyl groups is 1. The Morgan fingerprint density at radius 3 is 2.63 bits per heavy atom. The van der Waals surface area contributed by atoms with Gasteiger partial charge in [0.25, 0.3) is 0 Å². The molecule has 0 heterocycles. The zero-order chi connectivity index (χ0) is 14.1. The van der Waals surface area contributed by atoms with Crippen molar-refractivity contribution >= 4 is 21.6 Å². The smallest absolute Gasteiger partial charge is 0.240 e. The number of benzene rings is 1. The predicted molar refractivity (Wildman–Crippen MR) is 70.2 cm³/mol. The molecule has 1 saturated carbocycles. The molecule has 0 unspecified atom stereocenters. The van der Waals surface area contributed by atoms with E-state index in [1.807, 2.05) is 6.07 Å². The number of halogens is 1. The van der Waals surface area contributed by atoms with Gasteiger partial charge >= 0.3 is 0 Å². The Kier molecular flexibility index (Phi) is 3.83. The fourth-order valence-corrected chi connectivity index (χ4v) is 3.26. The van der Waals surface area contributed by atoms with Crippen LogP contribution in [0.4, 0.5) is 0 Å². The summed E-state index contributed by atoms with van der Waals surface area (Å²) in [4.78, 5) is -0.0144. The highest BCUT2D eigenvalue weighted by Crippen LogP contribution is 2.31. The molecule has 0 spiro atoms. The molecule has 5 nitrogen and oxygen atoms in total. The number of nitriles is 1. The monoisotopic (exact) mass is 300 g/mol. The van der Waals surface area contributed by atoms with E-state index in [0.29, 0.717) is 12.8 Å². The number of hydrogen-bond donors (Lipinski definition) is 2. The molecular weight excluding hydrogens is 288 g/mol. The van der Waals surface area contributed by atoms with Crippen molar-refractivity contribution in [1.29, 1.82) is 5.26 Å². The molecular formula is C12H13ClN2O3S. The van der Waals surface area contributed by atoms with E-state index >= 15 is 0 Å². The minimum Gasteiger partial charge on any atom is -0.389 e. The molecule has 1 fully saturated rings. The third kappa shape index (κ3) is 3.07. The van der Waals surface area contributed by atoms with Gasteiger partial charge in [-0.2, -0.15) is 5.26 Å². The Balaban J connectivity index is 2.15. The highest BCUT2D eigenvalue weighted by Gasteiger charge is 2.35. The van der Waals surface area contributed by atoms with Gasteiger partial charge in [0, 0.05) is 6.54 Å². The van der Waals surface area contributed by atoms with Crippen LogP contribution in [0.3, 0.4) is 0 Å². The van der Waals surface area contributed by atoms with Gasteiger partial charge in [-0.3, -0.25) is 0 Å². The third-order valence-electron chi connectivity index (χ3n) is 3.25. The van der Waals surface area contributed by atoms with Crippen LogP contribution in [0.15, 0.2) is 23.1 Å². The van der Waals surface area contributed by atoms with Crippen molar-refractivity contribution in [1.82, 2.24) is 4.72 Å². The Hall–Kier alpha value is -1.13. The second-order valence-corrected chi connectivity index (χ2v) is 6.83. The molecule has 1 aromatic rings. The minimum absolute atomic E-state index is 0.00699. The average molecular weight is 301 g/mol. The molecule has 0 atom stereocenters. The summed E-state index contributed by atoms with van der Waals surface area (Å²) in [5.41, 5.74) is -0.707. The Morgan fingerprint density at radius 1 is 1.47 bits per heavy atom. The van der Waals surface area contributed by atoms with E-state index in [1.165, 1.54) is 18.2 Å². The van der Waals surface area contributed by atoms with Crippen LogP contribution in [0.5, 0.6) is 0 Å². The van der Waals surface area contributed by atoms with Gasteiger partial charge < -0.3 is 5.11 Å². The molecule has 19 heavy (non-hydrogen) atoms. The lowest BCUT2D eigenvalue weighted by atomic mass is 9.81. The summed E-state index contributed by atoms with van der Waals surface area (Å²) in [6, 6.07) is 5.76. The van der Waals surface area contributed by atoms with Gasteiger partial charge in [-0.05, 0) is 37.5 Å². The first-order valence-electron chi connectivity index (χ1n) is 5.78. The van der Waals surface area contributed by atoms with Crippen LogP contribution in [0.25, 0.3) is 0 Å². The quantitative estimate of drug-likeness (QED) is 0.879. The minimum atomic E-state index is -3.72. The summed E-state index contributed by atoms with van der Waals surface area (Å²) in [6.45, 7) is -0.00699.